The van der Waals surface area contributed by atoms with Crippen molar-refractivity contribution in [2.45, 2.75) is 6.42 Å². The number of nitrogens with zero attached hydrogens (tertiary/aromatic N) is 2. The summed E-state index contributed by atoms with van der Waals surface area (Å²) in [5.74, 6) is 0.381. The number of amides is 1. The number of nitrogens with one attached hydrogen (secondary N) is 1. The number of aromatic nitrogens is 1. The third-order valence-electron chi connectivity index (χ3n) is 3.24. The number of carbonyl (C=O) groups excluding carboxylic acids is 1. The molecule has 1 N–H and O–H groups in total. The van der Waals surface area contributed by atoms with Crippen LogP contribution in [0.5, 0.6) is 5.75 Å². The lowest BCUT2D eigenvalue weighted by Crippen LogP contribution is -2.14. The molecule has 0 unspecified atom stereocenters. The first-order chi connectivity index (χ1) is 12.0. The number of carbonyl (C=O) groups is 1. The Balaban J connectivity index is 1.56. The maximum Gasteiger partial charge on any atom is 0.270 e. The highest BCUT2D eigenvalue weighted by Gasteiger charge is 2.12. The summed E-state index contributed by atoms with van der Waals surface area (Å²) in [6, 6.07) is 11.2. The molecule has 3 aromatic rings. The smallest absolute Gasteiger partial charge is 0.270 e. The van der Waals surface area contributed by atoms with E-state index in [1.54, 1.807) is 30.3 Å². The number of nitro benzene ring substituents is 1. The second kappa shape index (κ2) is 7.45. The Morgan fingerprint density at radius 3 is 2.76 bits per heavy atom. The van der Waals surface area contributed by atoms with Crippen molar-refractivity contribution < 1.29 is 14.5 Å². The second-order valence-corrected chi connectivity index (χ2v) is 6.50. The van der Waals surface area contributed by atoms with E-state index in [0.717, 1.165) is 0 Å². The van der Waals surface area contributed by atoms with E-state index in [2.05, 4.69) is 10.3 Å². The van der Waals surface area contributed by atoms with Crippen LogP contribution in [0, 0.1) is 10.1 Å². The number of benzene rings is 2. The average Bonchev–Trinajstić information content (AvgIpc) is 2.97. The van der Waals surface area contributed by atoms with Gasteiger partial charge < -0.3 is 10.1 Å². The van der Waals surface area contributed by atoms with Gasteiger partial charge in [0.2, 0.25) is 5.91 Å². The Hall–Kier alpha value is -2.71. The van der Waals surface area contributed by atoms with Gasteiger partial charge in [0.05, 0.1) is 28.2 Å². The van der Waals surface area contributed by atoms with E-state index in [0.29, 0.717) is 26.1 Å². The van der Waals surface area contributed by atoms with Crippen LogP contribution in [0.25, 0.3) is 10.2 Å². The lowest BCUT2D eigenvalue weighted by atomic mass is 10.3. The summed E-state index contributed by atoms with van der Waals surface area (Å²) >= 11 is 6.97. The van der Waals surface area contributed by atoms with Gasteiger partial charge in [0, 0.05) is 17.2 Å². The zero-order chi connectivity index (χ0) is 17.8. The topological polar surface area (TPSA) is 94.4 Å². The normalized spacial score (nSPS) is 10.6. The van der Waals surface area contributed by atoms with Crippen molar-refractivity contribution >= 4 is 49.9 Å². The van der Waals surface area contributed by atoms with Crippen molar-refractivity contribution in [1.29, 1.82) is 0 Å². The minimum Gasteiger partial charge on any atom is -0.493 e. The number of rotatable bonds is 6. The molecule has 9 heteroatoms. The van der Waals surface area contributed by atoms with Gasteiger partial charge in [-0.1, -0.05) is 22.9 Å². The van der Waals surface area contributed by atoms with E-state index in [1.165, 1.54) is 23.5 Å². The number of hydrogen-bond acceptors (Lipinski definition) is 6. The summed E-state index contributed by atoms with van der Waals surface area (Å²) in [7, 11) is 0. The van der Waals surface area contributed by atoms with Crippen molar-refractivity contribution in [3.05, 3.63) is 57.6 Å². The Morgan fingerprint density at radius 1 is 1.28 bits per heavy atom. The van der Waals surface area contributed by atoms with Gasteiger partial charge in [-0.3, -0.25) is 14.9 Å². The van der Waals surface area contributed by atoms with E-state index in [9.17, 15) is 14.9 Å². The minimum atomic E-state index is -0.467. The molecule has 7 nitrogen and oxygen atoms in total. The SMILES string of the molecule is O=C(CCOc1ccc(Cl)cc1)Nc1nc2ccc([N+](=O)[O-])cc2s1. The van der Waals surface area contributed by atoms with Gasteiger partial charge in [-0.05, 0) is 30.3 Å². The first kappa shape index (κ1) is 17.1. The van der Waals surface area contributed by atoms with Crippen LogP contribution in [0.3, 0.4) is 0 Å². The Kier molecular flexibility index (Phi) is 5.11. The van der Waals surface area contributed by atoms with Crippen LogP contribution in [-0.4, -0.2) is 22.4 Å². The minimum absolute atomic E-state index is 0.00890. The first-order valence-corrected chi connectivity index (χ1v) is 8.44. The number of thiazole rings is 1. The van der Waals surface area contributed by atoms with Gasteiger partial charge >= 0.3 is 0 Å². The van der Waals surface area contributed by atoms with Crippen LogP contribution < -0.4 is 10.1 Å². The molecule has 128 valence electrons. The lowest BCUT2D eigenvalue weighted by Gasteiger charge is -2.05. The van der Waals surface area contributed by atoms with E-state index in [4.69, 9.17) is 16.3 Å². The number of anilines is 1. The highest BCUT2D eigenvalue weighted by Crippen LogP contribution is 2.29. The average molecular weight is 378 g/mol. The van der Waals surface area contributed by atoms with E-state index < -0.39 is 4.92 Å². The summed E-state index contributed by atoms with van der Waals surface area (Å²) in [6.07, 6.45) is 0.151. The maximum absolute atomic E-state index is 12.0. The number of non-ortho nitro benzene ring substituents is 1. The monoisotopic (exact) mass is 377 g/mol. The molecular weight excluding hydrogens is 366 g/mol. The fourth-order valence-electron chi connectivity index (χ4n) is 2.05. The summed E-state index contributed by atoms with van der Waals surface area (Å²) in [4.78, 5) is 26.5. The molecule has 0 aliphatic rings. The maximum atomic E-state index is 12.0. The van der Waals surface area contributed by atoms with Gasteiger partial charge in [0.1, 0.15) is 5.75 Å². The summed E-state index contributed by atoms with van der Waals surface area (Å²) in [6.45, 7) is 0.212. The van der Waals surface area contributed by atoms with E-state index in [-0.39, 0.29) is 24.6 Å². The lowest BCUT2D eigenvalue weighted by molar-refractivity contribution is -0.384. The Labute approximate surface area is 151 Å². The number of halogens is 1. The fraction of sp³-hybridized carbons (Fsp3) is 0.125. The van der Waals surface area contributed by atoms with Crippen molar-refractivity contribution in [2.75, 3.05) is 11.9 Å². The fourth-order valence-corrected chi connectivity index (χ4v) is 3.10. The van der Waals surface area contributed by atoms with Crippen molar-refractivity contribution in [1.82, 2.24) is 4.98 Å². The van der Waals surface area contributed by atoms with Crippen LogP contribution in [0.4, 0.5) is 10.8 Å². The zero-order valence-electron chi connectivity index (χ0n) is 12.8. The molecule has 0 bridgehead atoms. The Bertz CT molecular complexity index is 927. The highest BCUT2D eigenvalue weighted by atomic mass is 35.5. The van der Waals surface area contributed by atoms with Crippen LogP contribution in [0.2, 0.25) is 5.02 Å². The highest BCUT2D eigenvalue weighted by molar-refractivity contribution is 7.22. The zero-order valence-corrected chi connectivity index (χ0v) is 14.3. The number of nitro groups is 1. The number of hydrogen-bond donors (Lipinski definition) is 1. The summed E-state index contributed by atoms with van der Waals surface area (Å²) in [5.41, 5.74) is 0.591. The third-order valence-corrected chi connectivity index (χ3v) is 4.43. The van der Waals surface area contributed by atoms with Gasteiger partial charge in [-0.2, -0.15) is 0 Å². The predicted molar refractivity (Wildman–Crippen MR) is 96.5 cm³/mol. The largest absolute Gasteiger partial charge is 0.493 e. The molecule has 0 spiro atoms. The van der Waals surface area contributed by atoms with E-state index in [1.807, 2.05) is 0 Å². The molecular formula is C16H12ClN3O4S. The van der Waals surface area contributed by atoms with Gasteiger partial charge in [-0.15, -0.1) is 0 Å². The summed E-state index contributed by atoms with van der Waals surface area (Å²) in [5, 5.41) is 14.5. The van der Waals surface area contributed by atoms with Crippen LogP contribution in [0.1, 0.15) is 6.42 Å². The second-order valence-electron chi connectivity index (χ2n) is 5.03. The molecule has 1 heterocycles. The molecule has 1 amide bonds. The molecule has 3 rings (SSSR count). The van der Waals surface area contributed by atoms with Crippen molar-refractivity contribution in [3.63, 3.8) is 0 Å². The quantitative estimate of drug-likeness (QED) is 0.511. The standard InChI is InChI=1S/C16H12ClN3O4S/c17-10-1-4-12(5-2-10)24-8-7-15(21)19-16-18-13-6-3-11(20(22)23)9-14(13)25-16/h1-6,9H,7-8H2,(H,18,19,21). The predicted octanol–water partition coefficient (Wildman–Crippen LogP) is 4.27. The summed E-state index contributed by atoms with van der Waals surface area (Å²) < 4.78 is 6.10. The van der Waals surface area contributed by atoms with Crippen molar-refractivity contribution in [3.8, 4) is 5.75 Å². The molecule has 0 fully saturated rings. The van der Waals surface area contributed by atoms with Crippen molar-refractivity contribution in [2.24, 2.45) is 0 Å². The molecule has 1 aromatic heterocycles. The third kappa shape index (κ3) is 4.43. The molecule has 2 aromatic carbocycles. The number of ether oxygens (including phenoxy) is 1. The van der Waals surface area contributed by atoms with Crippen LogP contribution >= 0.6 is 22.9 Å². The molecule has 0 aliphatic heterocycles. The van der Waals surface area contributed by atoms with E-state index >= 15 is 0 Å². The molecule has 0 radical (unpaired) electrons. The van der Waals surface area contributed by atoms with Crippen LogP contribution in [-0.2, 0) is 4.79 Å². The van der Waals surface area contributed by atoms with Crippen LogP contribution in [0.15, 0.2) is 42.5 Å². The molecule has 0 atom stereocenters. The molecule has 0 saturated heterocycles. The van der Waals surface area contributed by atoms with Gasteiger partial charge in [-0.25, -0.2) is 4.98 Å². The number of fused-ring (bicyclic) bond motifs is 1. The van der Waals surface area contributed by atoms with Gasteiger partial charge in [0.25, 0.3) is 5.69 Å². The molecule has 0 aliphatic carbocycles. The molecule has 0 saturated carbocycles. The molecule has 25 heavy (non-hydrogen) atoms. The Morgan fingerprint density at radius 2 is 2.04 bits per heavy atom. The van der Waals surface area contributed by atoms with Gasteiger partial charge in [0.15, 0.2) is 5.13 Å². The first-order valence-electron chi connectivity index (χ1n) is 7.24.